The highest BCUT2D eigenvalue weighted by atomic mass is 79.9. The predicted molar refractivity (Wildman–Crippen MR) is 169 cm³/mol. The van der Waals surface area contributed by atoms with Gasteiger partial charge in [-0.2, -0.15) is 4.98 Å². The van der Waals surface area contributed by atoms with Gasteiger partial charge in [-0.05, 0) is 65.4 Å². The third kappa shape index (κ3) is 6.53. The van der Waals surface area contributed by atoms with Gasteiger partial charge in [0.1, 0.15) is 11.6 Å². The number of aromatic nitrogens is 2. The van der Waals surface area contributed by atoms with Crippen molar-refractivity contribution in [1.82, 2.24) is 15.3 Å². The van der Waals surface area contributed by atoms with Crippen molar-refractivity contribution in [3.8, 4) is 5.75 Å². The molecule has 0 radical (unpaired) electrons. The lowest BCUT2D eigenvalue weighted by Crippen LogP contribution is -2.44. The summed E-state index contributed by atoms with van der Waals surface area (Å²) in [5.74, 6) is 1.58. The first-order chi connectivity index (χ1) is 19.7. The van der Waals surface area contributed by atoms with Gasteiger partial charge in [-0.3, -0.25) is 4.31 Å². The maximum Gasteiger partial charge on any atom is 0.232 e. The molecule has 2 aromatic carbocycles. The van der Waals surface area contributed by atoms with Gasteiger partial charge < -0.3 is 31.3 Å². The summed E-state index contributed by atoms with van der Waals surface area (Å²) >= 11 is 3.53. The van der Waals surface area contributed by atoms with Crippen molar-refractivity contribution in [3.05, 3.63) is 52.1 Å². The minimum atomic E-state index is -3.41. The molecule has 0 amide bonds. The number of nitrogens with two attached hydrogens (primary N) is 1. The molecule has 220 valence electrons. The van der Waals surface area contributed by atoms with E-state index in [-0.39, 0.29) is 0 Å². The Labute approximate surface area is 250 Å². The first-order valence-electron chi connectivity index (χ1n) is 13.7. The summed E-state index contributed by atoms with van der Waals surface area (Å²) in [6, 6.07) is 10.3. The number of aryl methyl sites for hydroxylation is 1. The number of nitrogens with zero attached hydrogens (tertiary/aromatic N) is 4. The van der Waals surface area contributed by atoms with Crippen LogP contribution in [-0.2, 0) is 16.4 Å². The Morgan fingerprint density at radius 2 is 1.93 bits per heavy atom. The van der Waals surface area contributed by atoms with Gasteiger partial charge in [0, 0.05) is 56.7 Å². The van der Waals surface area contributed by atoms with Crippen LogP contribution in [0.1, 0.15) is 24.0 Å². The minimum Gasteiger partial charge on any atom is -0.494 e. The van der Waals surface area contributed by atoms with E-state index in [0.717, 1.165) is 55.0 Å². The molecule has 41 heavy (non-hydrogen) atoms. The highest BCUT2D eigenvalue weighted by molar-refractivity contribution is 9.10. The topological polar surface area (TPSA) is 138 Å². The number of rotatable bonds is 10. The smallest absolute Gasteiger partial charge is 0.232 e. The molecular weight excluding hydrogens is 608 g/mol. The van der Waals surface area contributed by atoms with Crippen LogP contribution in [0.2, 0.25) is 0 Å². The van der Waals surface area contributed by atoms with Crippen LogP contribution in [0.3, 0.4) is 0 Å². The van der Waals surface area contributed by atoms with Crippen molar-refractivity contribution in [3.63, 3.8) is 0 Å². The summed E-state index contributed by atoms with van der Waals surface area (Å²) in [6.07, 6.45) is 5.68. The third-order valence-electron chi connectivity index (χ3n) is 7.53. The monoisotopic (exact) mass is 644 g/mol. The standard InChI is InChI=1S/C28H37BrN8O3S/c1-18-15-23(25(40-2)16-24(18)36-12-8-20(9-13-36)31-11-10-30)34-28-32-17-21(29)27(35-28)33-22-6-4-5-19-7-14-37(26(19)22)41(3,38)39/h4-6,15-17,20,31H,7-14,30H2,1-3H3,(H2,32,33,34,35). The normalized spacial score (nSPS) is 15.6. The van der Waals surface area contributed by atoms with Crippen LogP contribution in [-0.4, -0.2) is 70.5 Å². The lowest BCUT2D eigenvalue weighted by molar-refractivity contribution is 0.412. The Morgan fingerprint density at radius 3 is 2.63 bits per heavy atom. The zero-order valence-electron chi connectivity index (χ0n) is 23.6. The summed E-state index contributed by atoms with van der Waals surface area (Å²) in [4.78, 5) is 11.6. The molecule has 2 aliphatic rings. The van der Waals surface area contributed by atoms with E-state index in [1.807, 2.05) is 18.2 Å². The molecule has 0 aliphatic carbocycles. The van der Waals surface area contributed by atoms with E-state index >= 15 is 0 Å². The number of ether oxygens (including phenoxy) is 1. The second kappa shape index (κ2) is 12.4. The van der Waals surface area contributed by atoms with Gasteiger partial charge in [0.2, 0.25) is 16.0 Å². The average molecular weight is 646 g/mol. The van der Waals surface area contributed by atoms with Crippen molar-refractivity contribution in [2.24, 2.45) is 5.73 Å². The maximum absolute atomic E-state index is 12.4. The number of halogens is 1. The first kappa shape index (κ1) is 29.4. The molecule has 5 N–H and O–H groups in total. The Kier molecular flexibility index (Phi) is 8.88. The molecule has 3 heterocycles. The number of methoxy groups -OCH3 is 1. The molecule has 1 fully saturated rings. The Bertz CT molecular complexity index is 1510. The molecule has 0 unspecified atom stereocenters. The zero-order chi connectivity index (χ0) is 29.1. The molecule has 0 atom stereocenters. The highest BCUT2D eigenvalue weighted by Crippen LogP contribution is 2.40. The van der Waals surface area contributed by atoms with Gasteiger partial charge in [-0.15, -0.1) is 0 Å². The summed E-state index contributed by atoms with van der Waals surface area (Å²) in [5.41, 5.74) is 11.0. The van der Waals surface area contributed by atoms with Crippen LogP contribution < -0.4 is 35.6 Å². The van der Waals surface area contributed by atoms with Gasteiger partial charge in [-0.25, -0.2) is 13.4 Å². The lowest BCUT2D eigenvalue weighted by Gasteiger charge is -2.35. The second-order valence-corrected chi connectivity index (χ2v) is 13.1. The van der Waals surface area contributed by atoms with Gasteiger partial charge in [-0.1, -0.05) is 12.1 Å². The van der Waals surface area contributed by atoms with E-state index in [1.165, 1.54) is 10.6 Å². The molecule has 13 heteroatoms. The molecule has 11 nitrogen and oxygen atoms in total. The average Bonchev–Trinajstić information content (AvgIpc) is 3.40. The Morgan fingerprint density at radius 1 is 1.15 bits per heavy atom. The SMILES string of the molecule is COc1cc(N2CCC(NCCN)CC2)c(C)cc1Nc1ncc(Br)c(Nc2cccc3c2N(S(C)(=O)=O)CC3)n1. The fraction of sp³-hybridized carbons (Fsp3) is 0.429. The van der Waals surface area contributed by atoms with Gasteiger partial charge >= 0.3 is 0 Å². The molecule has 0 bridgehead atoms. The van der Waals surface area contributed by atoms with E-state index in [9.17, 15) is 8.42 Å². The maximum atomic E-state index is 12.4. The predicted octanol–water partition coefficient (Wildman–Crippen LogP) is 3.88. The molecule has 0 saturated carbocycles. The van der Waals surface area contributed by atoms with E-state index < -0.39 is 10.0 Å². The van der Waals surface area contributed by atoms with E-state index in [4.69, 9.17) is 15.5 Å². The number of piperidine rings is 1. The summed E-state index contributed by atoms with van der Waals surface area (Å²) in [7, 11) is -1.75. The minimum absolute atomic E-state index is 0.375. The molecule has 5 rings (SSSR count). The van der Waals surface area contributed by atoms with Gasteiger partial charge in [0.15, 0.2) is 0 Å². The van der Waals surface area contributed by atoms with Crippen LogP contribution in [0.25, 0.3) is 0 Å². The molecule has 2 aliphatic heterocycles. The van der Waals surface area contributed by atoms with Gasteiger partial charge in [0.25, 0.3) is 0 Å². The molecule has 1 saturated heterocycles. The fourth-order valence-corrected chi connectivity index (χ4v) is 6.77. The van der Waals surface area contributed by atoms with Crippen molar-refractivity contribution in [1.29, 1.82) is 0 Å². The number of benzene rings is 2. The number of anilines is 6. The van der Waals surface area contributed by atoms with Crippen molar-refractivity contribution in [2.45, 2.75) is 32.2 Å². The van der Waals surface area contributed by atoms with Crippen molar-refractivity contribution in [2.75, 3.05) is 65.9 Å². The third-order valence-corrected chi connectivity index (χ3v) is 9.27. The fourth-order valence-electron chi connectivity index (χ4n) is 5.51. The number of sulfonamides is 1. The molecule has 0 spiro atoms. The Balaban J connectivity index is 1.36. The number of hydrogen-bond acceptors (Lipinski definition) is 10. The van der Waals surface area contributed by atoms with Crippen molar-refractivity contribution < 1.29 is 13.2 Å². The van der Waals surface area contributed by atoms with Crippen LogP contribution in [0, 0.1) is 6.92 Å². The van der Waals surface area contributed by atoms with Crippen LogP contribution in [0.15, 0.2) is 41.0 Å². The largest absolute Gasteiger partial charge is 0.494 e. The summed E-state index contributed by atoms with van der Waals surface area (Å²) < 4.78 is 32.7. The van der Waals surface area contributed by atoms with E-state index in [1.54, 1.807) is 13.3 Å². The van der Waals surface area contributed by atoms with Crippen LogP contribution in [0.5, 0.6) is 5.75 Å². The van der Waals surface area contributed by atoms with Gasteiger partial charge in [0.05, 0.1) is 34.9 Å². The Hall–Kier alpha value is -3.13. The molecular formula is C28H37BrN8O3S. The molecule has 1 aromatic heterocycles. The summed E-state index contributed by atoms with van der Waals surface area (Å²) in [5, 5.41) is 10.1. The zero-order valence-corrected chi connectivity index (χ0v) is 26.0. The first-order valence-corrected chi connectivity index (χ1v) is 16.3. The summed E-state index contributed by atoms with van der Waals surface area (Å²) in [6.45, 7) is 5.94. The lowest BCUT2D eigenvalue weighted by atomic mass is 10.0. The van der Waals surface area contributed by atoms with Crippen LogP contribution in [0.4, 0.5) is 34.5 Å². The van der Waals surface area contributed by atoms with E-state index in [2.05, 4.69) is 60.8 Å². The number of nitrogens with one attached hydrogen (secondary N) is 3. The number of fused-ring (bicyclic) bond motifs is 1. The van der Waals surface area contributed by atoms with E-state index in [0.29, 0.717) is 58.9 Å². The number of para-hydroxylation sites is 1. The van der Waals surface area contributed by atoms with Crippen molar-refractivity contribution >= 4 is 60.5 Å². The van der Waals surface area contributed by atoms with Crippen LogP contribution >= 0.6 is 15.9 Å². The molecule has 3 aromatic rings. The highest BCUT2D eigenvalue weighted by Gasteiger charge is 2.29. The second-order valence-electron chi connectivity index (χ2n) is 10.4. The quantitative estimate of drug-likeness (QED) is 0.257. The number of hydrogen-bond donors (Lipinski definition) is 4.